The van der Waals surface area contributed by atoms with Crippen molar-refractivity contribution in [2.24, 2.45) is 0 Å². The topological polar surface area (TPSA) is 53.8 Å². The summed E-state index contributed by atoms with van der Waals surface area (Å²) < 4.78 is 2.23. The molecule has 168 valence electrons. The average Bonchev–Trinajstić information content (AvgIpc) is 3.33. The lowest BCUT2D eigenvalue weighted by Crippen LogP contribution is -2.18. The Morgan fingerprint density at radius 3 is 2.09 bits per heavy atom. The van der Waals surface area contributed by atoms with E-state index in [2.05, 4.69) is 99.6 Å². The van der Waals surface area contributed by atoms with Gasteiger partial charge in [0.2, 0.25) is 0 Å². The van der Waals surface area contributed by atoms with Crippen LogP contribution < -0.4 is 0 Å². The zero-order chi connectivity index (χ0) is 23.5. The van der Waals surface area contributed by atoms with Gasteiger partial charge in [-0.3, -0.25) is 4.57 Å². The normalized spacial score (nSPS) is 12.7. The molecule has 0 radical (unpaired) electrons. The second kappa shape index (κ2) is 7.24. The van der Waals surface area contributed by atoms with E-state index in [1.165, 1.54) is 0 Å². The lowest BCUT2D eigenvalue weighted by molar-refractivity contribution is 0.423. The molecule has 0 aliphatic rings. The van der Waals surface area contributed by atoms with E-state index in [0.717, 1.165) is 50.1 Å². The summed E-state index contributed by atoms with van der Waals surface area (Å²) in [6.07, 6.45) is 2.04. The van der Waals surface area contributed by atoms with Gasteiger partial charge in [0, 0.05) is 39.5 Å². The Hall–Kier alpha value is -3.53. The minimum Gasteiger partial charge on any atom is -0.507 e. The van der Waals surface area contributed by atoms with Crippen molar-refractivity contribution in [2.75, 3.05) is 0 Å². The molecule has 2 heterocycles. The molecule has 0 spiro atoms. The Balaban J connectivity index is 1.89. The van der Waals surface area contributed by atoms with Crippen LogP contribution in [-0.2, 0) is 10.8 Å². The molecular weight excluding hydrogens is 406 g/mol. The zero-order valence-electron chi connectivity index (χ0n) is 20.2. The van der Waals surface area contributed by atoms with Crippen molar-refractivity contribution in [1.82, 2.24) is 14.5 Å². The standard InChI is InChI=1S/C29H31N3O/c1-28(2,3)21-15-18(16-22(26(21)33)29(4,5)6)32-25-14-10-9-13-24(25)31-27(32)20-17-30-23-12-8-7-11-19(20)23/h7-17,30,33H,1-6H3. The van der Waals surface area contributed by atoms with E-state index in [1.54, 1.807) is 0 Å². The molecule has 5 rings (SSSR count). The Labute approximate surface area is 194 Å². The summed E-state index contributed by atoms with van der Waals surface area (Å²) >= 11 is 0. The van der Waals surface area contributed by atoms with E-state index >= 15 is 0 Å². The van der Waals surface area contributed by atoms with Crippen molar-refractivity contribution in [3.05, 3.63) is 78.0 Å². The van der Waals surface area contributed by atoms with Crippen LogP contribution in [0, 0.1) is 0 Å². The fraction of sp³-hybridized carbons (Fsp3) is 0.276. The number of imidazole rings is 1. The van der Waals surface area contributed by atoms with Gasteiger partial charge in [-0.1, -0.05) is 71.9 Å². The number of H-pyrrole nitrogens is 1. The molecule has 0 atom stereocenters. The van der Waals surface area contributed by atoms with E-state index < -0.39 is 0 Å². The molecule has 4 heteroatoms. The highest BCUT2D eigenvalue weighted by Gasteiger charge is 2.28. The number of phenolic OH excluding ortho intramolecular Hbond substituents is 1. The third kappa shape index (κ3) is 3.50. The van der Waals surface area contributed by atoms with Gasteiger partial charge in [0.25, 0.3) is 0 Å². The van der Waals surface area contributed by atoms with E-state index in [0.29, 0.717) is 5.75 Å². The molecule has 0 aliphatic carbocycles. The summed E-state index contributed by atoms with van der Waals surface area (Å²) in [5.74, 6) is 1.27. The number of aromatic amines is 1. The third-order valence-corrected chi connectivity index (χ3v) is 6.36. The summed E-state index contributed by atoms with van der Waals surface area (Å²) in [5, 5.41) is 12.4. The molecule has 0 fully saturated rings. The lowest BCUT2D eigenvalue weighted by atomic mass is 9.79. The van der Waals surface area contributed by atoms with E-state index in [9.17, 15) is 5.11 Å². The minimum absolute atomic E-state index is 0.211. The van der Waals surface area contributed by atoms with Crippen LogP contribution in [0.5, 0.6) is 5.75 Å². The quantitative estimate of drug-likeness (QED) is 0.301. The zero-order valence-corrected chi connectivity index (χ0v) is 20.2. The van der Waals surface area contributed by atoms with Gasteiger partial charge in [0.05, 0.1) is 11.0 Å². The molecule has 0 aliphatic heterocycles. The van der Waals surface area contributed by atoms with Crippen molar-refractivity contribution in [3.8, 4) is 22.8 Å². The van der Waals surface area contributed by atoms with Crippen molar-refractivity contribution >= 4 is 21.9 Å². The predicted molar refractivity (Wildman–Crippen MR) is 137 cm³/mol. The first-order valence-electron chi connectivity index (χ1n) is 11.5. The van der Waals surface area contributed by atoms with Crippen molar-refractivity contribution < 1.29 is 5.11 Å². The van der Waals surface area contributed by atoms with E-state index in [1.807, 2.05) is 18.3 Å². The number of fused-ring (bicyclic) bond motifs is 2. The number of nitrogens with zero attached hydrogens (tertiary/aromatic N) is 2. The molecule has 2 N–H and O–H groups in total. The Bertz CT molecular complexity index is 1450. The monoisotopic (exact) mass is 437 g/mol. The van der Waals surface area contributed by atoms with Gasteiger partial charge >= 0.3 is 0 Å². The Kier molecular flexibility index (Phi) is 4.68. The number of rotatable bonds is 2. The molecule has 3 aromatic carbocycles. The highest BCUT2D eigenvalue weighted by atomic mass is 16.3. The average molecular weight is 438 g/mol. The Morgan fingerprint density at radius 1 is 0.818 bits per heavy atom. The summed E-state index contributed by atoms with van der Waals surface area (Å²) in [6, 6.07) is 20.8. The smallest absolute Gasteiger partial charge is 0.147 e. The van der Waals surface area contributed by atoms with Gasteiger partial charge in [0.1, 0.15) is 11.6 Å². The fourth-order valence-electron chi connectivity index (χ4n) is 4.62. The summed E-state index contributed by atoms with van der Waals surface area (Å²) in [4.78, 5) is 8.46. The maximum atomic E-state index is 11.3. The maximum Gasteiger partial charge on any atom is 0.147 e. The summed E-state index contributed by atoms with van der Waals surface area (Å²) in [7, 11) is 0. The fourth-order valence-corrected chi connectivity index (χ4v) is 4.62. The molecule has 33 heavy (non-hydrogen) atoms. The van der Waals surface area contributed by atoms with E-state index in [4.69, 9.17) is 4.98 Å². The van der Waals surface area contributed by atoms with Crippen LogP contribution in [0.15, 0.2) is 66.9 Å². The molecule has 0 unspecified atom stereocenters. The van der Waals surface area contributed by atoms with Gasteiger partial charge in [-0.2, -0.15) is 0 Å². The maximum absolute atomic E-state index is 11.3. The molecule has 2 aromatic heterocycles. The minimum atomic E-state index is -0.211. The van der Waals surface area contributed by atoms with Gasteiger partial charge < -0.3 is 10.1 Å². The van der Waals surface area contributed by atoms with E-state index in [-0.39, 0.29) is 10.8 Å². The van der Waals surface area contributed by atoms with Gasteiger partial charge in [0.15, 0.2) is 0 Å². The molecule has 5 aromatic rings. The highest BCUT2D eigenvalue weighted by Crippen LogP contribution is 2.42. The molecule has 0 saturated carbocycles. The number of hydrogen-bond acceptors (Lipinski definition) is 2. The number of aromatic hydroxyl groups is 1. The second-order valence-corrected chi connectivity index (χ2v) is 10.9. The lowest BCUT2D eigenvalue weighted by Gasteiger charge is -2.28. The van der Waals surface area contributed by atoms with Crippen molar-refractivity contribution in [1.29, 1.82) is 0 Å². The highest BCUT2D eigenvalue weighted by molar-refractivity contribution is 5.96. The summed E-state index contributed by atoms with van der Waals surface area (Å²) in [6.45, 7) is 12.9. The van der Waals surface area contributed by atoms with Gasteiger partial charge in [-0.15, -0.1) is 0 Å². The second-order valence-electron chi connectivity index (χ2n) is 10.9. The Morgan fingerprint density at radius 2 is 1.42 bits per heavy atom. The van der Waals surface area contributed by atoms with Crippen LogP contribution >= 0.6 is 0 Å². The van der Waals surface area contributed by atoms with Crippen LogP contribution in [0.1, 0.15) is 52.7 Å². The first-order chi connectivity index (χ1) is 15.6. The third-order valence-electron chi connectivity index (χ3n) is 6.36. The summed E-state index contributed by atoms with van der Waals surface area (Å²) in [5.41, 5.74) is 6.60. The van der Waals surface area contributed by atoms with Crippen molar-refractivity contribution in [3.63, 3.8) is 0 Å². The predicted octanol–water partition coefficient (Wildman–Crippen LogP) is 7.47. The number of para-hydroxylation sites is 3. The van der Waals surface area contributed by atoms with Crippen LogP contribution in [0.2, 0.25) is 0 Å². The van der Waals surface area contributed by atoms with Crippen molar-refractivity contribution in [2.45, 2.75) is 52.4 Å². The van der Waals surface area contributed by atoms with Gasteiger partial charge in [-0.25, -0.2) is 4.98 Å². The SMILES string of the molecule is CC(C)(C)c1cc(-n2c(-c3c[nH]c4ccccc34)nc3ccccc32)cc(C(C)(C)C)c1O. The number of hydrogen-bond donors (Lipinski definition) is 2. The van der Waals surface area contributed by atoms with Crippen LogP contribution in [0.4, 0.5) is 0 Å². The molecule has 4 nitrogen and oxygen atoms in total. The molecule has 0 saturated heterocycles. The largest absolute Gasteiger partial charge is 0.507 e. The number of benzene rings is 3. The van der Waals surface area contributed by atoms with Crippen LogP contribution in [0.3, 0.4) is 0 Å². The number of aromatic nitrogens is 3. The van der Waals surface area contributed by atoms with Gasteiger partial charge in [-0.05, 0) is 41.2 Å². The molecule has 0 bridgehead atoms. The first-order valence-corrected chi connectivity index (χ1v) is 11.5. The molecule has 0 amide bonds. The number of nitrogens with one attached hydrogen (secondary N) is 1. The number of phenols is 1. The molecular formula is C29H31N3O. The first kappa shape index (κ1) is 21.3. The van der Waals surface area contributed by atoms with Crippen LogP contribution in [-0.4, -0.2) is 19.6 Å². The van der Waals surface area contributed by atoms with Crippen LogP contribution in [0.25, 0.3) is 39.0 Å².